The fourth-order valence-corrected chi connectivity index (χ4v) is 2.16. The van der Waals surface area contributed by atoms with Crippen molar-refractivity contribution in [1.82, 2.24) is 5.32 Å². The lowest BCUT2D eigenvalue weighted by Gasteiger charge is -2.10. The van der Waals surface area contributed by atoms with Crippen LogP contribution in [0.3, 0.4) is 0 Å². The molecule has 0 aromatic heterocycles. The van der Waals surface area contributed by atoms with Gasteiger partial charge in [-0.15, -0.1) is 0 Å². The van der Waals surface area contributed by atoms with Crippen LogP contribution in [0.25, 0.3) is 0 Å². The number of halogens is 3. The summed E-state index contributed by atoms with van der Waals surface area (Å²) in [4.78, 5) is 11.8. The average Bonchev–Trinajstić information content (AvgIpc) is 2.58. The Morgan fingerprint density at radius 3 is 2.52 bits per heavy atom. The number of alkyl halides is 3. The number of rotatable bonds is 7. The summed E-state index contributed by atoms with van der Waals surface area (Å²) in [6.45, 7) is 0.483. The number of nitrogens with one attached hydrogen (secondary N) is 1. The summed E-state index contributed by atoms with van der Waals surface area (Å²) >= 11 is 0. The number of amides is 1. The monoisotopic (exact) mass is 353 g/mol. The van der Waals surface area contributed by atoms with Gasteiger partial charge in [0.25, 0.3) is 0 Å². The average molecular weight is 353 g/mol. The van der Waals surface area contributed by atoms with Crippen LogP contribution in [0.2, 0.25) is 0 Å². The molecule has 1 N–H and O–H groups in total. The third-order valence-electron chi connectivity index (χ3n) is 3.35. The highest BCUT2D eigenvalue weighted by Gasteiger charge is 2.30. The van der Waals surface area contributed by atoms with E-state index in [0.29, 0.717) is 17.1 Å². The zero-order valence-electron chi connectivity index (χ0n) is 13.6. The minimum Gasteiger partial charge on any atom is -0.497 e. The lowest BCUT2D eigenvalue weighted by molar-refractivity contribution is -0.137. The quantitative estimate of drug-likeness (QED) is 0.776. The molecule has 0 saturated carbocycles. The van der Waals surface area contributed by atoms with E-state index in [9.17, 15) is 18.0 Å². The van der Waals surface area contributed by atoms with Crippen molar-refractivity contribution in [3.8, 4) is 11.5 Å². The Labute approximate surface area is 143 Å². The van der Waals surface area contributed by atoms with Gasteiger partial charge in [-0.3, -0.25) is 4.79 Å². The standard InChI is InChI=1S/C18H18F3NO3/c1-24-15-6-3-7-16(12-15)25-9-8-22-17(23)11-13-4-2-5-14(10-13)18(19,20)21/h2-7,10,12H,8-9,11H2,1H3,(H,22,23). The van der Waals surface area contributed by atoms with Crippen LogP contribution in [0, 0.1) is 0 Å². The number of hydrogen-bond donors (Lipinski definition) is 1. The molecule has 0 aliphatic heterocycles. The third-order valence-corrected chi connectivity index (χ3v) is 3.35. The number of carbonyl (C=O) groups excluding carboxylic acids is 1. The van der Waals surface area contributed by atoms with Gasteiger partial charge in [0.2, 0.25) is 5.91 Å². The van der Waals surface area contributed by atoms with Crippen LogP contribution in [0.1, 0.15) is 11.1 Å². The molecule has 134 valence electrons. The number of ether oxygens (including phenoxy) is 2. The molecule has 0 aliphatic rings. The van der Waals surface area contributed by atoms with Crippen molar-refractivity contribution in [2.45, 2.75) is 12.6 Å². The molecule has 0 fully saturated rings. The van der Waals surface area contributed by atoms with Crippen molar-refractivity contribution in [3.05, 3.63) is 59.7 Å². The zero-order valence-corrected chi connectivity index (χ0v) is 13.6. The Bertz CT molecular complexity index is 717. The van der Waals surface area contributed by atoms with Crippen LogP contribution in [-0.2, 0) is 17.4 Å². The molecule has 0 bridgehead atoms. The van der Waals surface area contributed by atoms with Gasteiger partial charge in [-0.05, 0) is 23.8 Å². The molecular formula is C18H18F3NO3. The van der Waals surface area contributed by atoms with Gasteiger partial charge in [0.05, 0.1) is 25.6 Å². The van der Waals surface area contributed by atoms with Crippen LogP contribution < -0.4 is 14.8 Å². The summed E-state index contributed by atoms with van der Waals surface area (Å²) in [5.74, 6) is 0.895. The summed E-state index contributed by atoms with van der Waals surface area (Å²) in [6.07, 6.45) is -4.54. The first-order valence-corrected chi connectivity index (χ1v) is 7.58. The first kappa shape index (κ1) is 18.6. The van der Waals surface area contributed by atoms with Crippen LogP contribution in [-0.4, -0.2) is 26.2 Å². The Balaban J connectivity index is 1.77. The maximum Gasteiger partial charge on any atom is 0.416 e. The molecule has 2 aromatic carbocycles. The van der Waals surface area contributed by atoms with E-state index in [-0.39, 0.29) is 25.5 Å². The van der Waals surface area contributed by atoms with E-state index in [4.69, 9.17) is 9.47 Å². The van der Waals surface area contributed by atoms with Crippen molar-refractivity contribution < 1.29 is 27.4 Å². The largest absolute Gasteiger partial charge is 0.497 e. The number of carbonyl (C=O) groups is 1. The van der Waals surface area contributed by atoms with Gasteiger partial charge in [-0.2, -0.15) is 13.2 Å². The van der Waals surface area contributed by atoms with Crippen molar-refractivity contribution in [2.24, 2.45) is 0 Å². The summed E-state index contributed by atoms with van der Waals surface area (Å²) in [6, 6.07) is 11.8. The molecule has 7 heteroatoms. The molecule has 0 aliphatic carbocycles. The molecule has 0 radical (unpaired) electrons. The first-order valence-electron chi connectivity index (χ1n) is 7.58. The maximum atomic E-state index is 12.6. The van der Waals surface area contributed by atoms with Crippen LogP contribution >= 0.6 is 0 Å². The second-order valence-electron chi connectivity index (χ2n) is 5.25. The Kier molecular flexibility index (Phi) is 6.27. The molecule has 25 heavy (non-hydrogen) atoms. The number of hydrogen-bond acceptors (Lipinski definition) is 3. The van der Waals surface area contributed by atoms with E-state index in [1.54, 1.807) is 31.4 Å². The molecule has 4 nitrogen and oxygen atoms in total. The molecular weight excluding hydrogens is 335 g/mol. The molecule has 1 amide bonds. The van der Waals surface area contributed by atoms with E-state index in [1.165, 1.54) is 12.1 Å². The van der Waals surface area contributed by atoms with Crippen molar-refractivity contribution in [1.29, 1.82) is 0 Å². The minimum absolute atomic E-state index is 0.122. The van der Waals surface area contributed by atoms with Crippen molar-refractivity contribution in [3.63, 3.8) is 0 Å². The lowest BCUT2D eigenvalue weighted by Crippen LogP contribution is -2.29. The smallest absolute Gasteiger partial charge is 0.416 e. The summed E-state index contributed by atoms with van der Waals surface area (Å²) in [5, 5.41) is 2.61. The third kappa shape index (κ3) is 6.02. The van der Waals surface area contributed by atoms with E-state index in [1.807, 2.05) is 0 Å². The minimum atomic E-state index is -4.42. The van der Waals surface area contributed by atoms with Gasteiger partial charge in [0.1, 0.15) is 18.1 Å². The normalized spacial score (nSPS) is 11.0. The molecule has 0 atom stereocenters. The Morgan fingerprint density at radius 2 is 1.80 bits per heavy atom. The van der Waals surface area contributed by atoms with Gasteiger partial charge in [-0.1, -0.05) is 24.3 Å². The van der Waals surface area contributed by atoms with Crippen LogP contribution in [0.5, 0.6) is 11.5 Å². The predicted molar refractivity (Wildman–Crippen MR) is 86.6 cm³/mol. The Morgan fingerprint density at radius 1 is 1.08 bits per heavy atom. The van der Waals surface area contributed by atoms with Gasteiger partial charge in [-0.25, -0.2) is 0 Å². The maximum absolute atomic E-state index is 12.6. The highest BCUT2D eigenvalue weighted by atomic mass is 19.4. The van der Waals surface area contributed by atoms with Gasteiger partial charge < -0.3 is 14.8 Å². The molecule has 0 heterocycles. The fraction of sp³-hybridized carbons (Fsp3) is 0.278. The zero-order chi connectivity index (χ0) is 18.3. The molecule has 0 saturated heterocycles. The van der Waals surface area contributed by atoms with Gasteiger partial charge in [0, 0.05) is 6.07 Å². The second kappa shape index (κ2) is 8.41. The van der Waals surface area contributed by atoms with E-state index in [0.717, 1.165) is 12.1 Å². The SMILES string of the molecule is COc1cccc(OCCNC(=O)Cc2cccc(C(F)(F)F)c2)c1. The summed E-state index contributed by atoms with van der Waals surface area (Å²) in [5.41, 5.74) is -0.458. The van der Waals surface area contributed by atoms with Crippen molar-refractivity contribution in [2.75, 3.05) is 20.3 Å². The molecule has 0 unspecified atom stereocenters. The molecule has 2 rings (SSSR count). The topological polar surface area (TPSA) is 47.6 Å². The van der Waals surface area contributed by atoms with Crippen LogP contribution in [0.15, 0.2) is 48.5 Å². The first-order chi connectivity index (χ1) is 11.9. The Hall–Kier alpha value is -2.70. The fourth-order valence-electron chi connectivity index (χ4n) is 2.16. The lowest BCUT2D eigenvalue weighted by atomic mass is 10.1. The van der Waals surface area contributed by atoms with Crippen molar-refractivity contribution >= 4 is 5.91 Å². The van der Waals surface area contributed by atoms with Crippen LogP contribution in [0.4, 0.5) is 13.2 Å². The highest BCUT2D eigenvalue weighted by Crippen LogP contribution is 2.29. The number of methoxy groups -OCH3 is 1. The summed E-state index contributed by atoms with van der Waals surface area (Å²) < 4.78 is 48.5. The van der Waals surface area contributed by atoms with E-state index >= 15 is 0 Å². The van der Waals surface area contributed by atoms with Gasteiger partial charge in [0.15, 0.2) is 0 Å². The second-order valence-corrected chi connectivity index (χ2v) is 5.25. The molecule has 2 aromatic rings. The van der Waals surface area contributed by atoms with Gasteiger partial charge >= 0.3 is 6.18 Å². The highest BCUT2D eigenvalue weighted by molar-refractivity contribution is 5.78. The van der Waals surface area contributed by atoms with E-state index < -0.39 is 11.7 Å². The molecule has 0 spiro atoms. The predicted octanol–water partition coefficient (Wildman–Crippen LogP) is 3.45. The van der Waals surface area contributed by atoms with E-state index in [2.05, 4.69) is 5.32 Å². The summed E-state index contributed by atoms with van der Waals surface area (Å²) in [7, 11) is 1.55. The number of benzene rings is 2.